The van der Waals surface area contributed by atoms with Crippen LogP contribution in [-0.2, 0) is 5.41 Å². The number of fused-ring (bicyclic) bond motifs is 1. The number of aromatic hydroxyl groups is 1. The van der Waals surface area contributed by atoms with Crippen molar-refractivity contribution in [2.45, 2.75) is 45.8 Å². The smallest absolute Gasteiger partial charge is 0.165 e. The second-order valence-electron chi connectivity index (χ2n) is 14.4. The quantitative estimate of drug-likeness (QED) is 0.183. The predicted octanol–water partition coefficient (Wildman–Crippen LogP) is 10.0. The molecule has 0 aliphatic carbocycles. The third-order valence-electron chi connectivity index (χ3n) is 8.91. The molecule has 0 atom stereocenters. The van der Waals surface area contributed by atoms with Crippen molar-refractivity contribution >= 4 is 24.4 Å². The Hall–Kier alpha value is -5.33. The predicted molar refractivity (Wildman–Crippen MR) is 202 cm³/mol. The van der Waals surface area contributed by atoms with Crippen LogP contribution in [0.25, 0.3) is 61.8 Å². The van der Waals surface area contributed by atoms with Gasteiger partial charge < -0.3 is 5.11 Å². The number of phenolic OH excluding ortho intramolecular Hbond substituents is 1. The van der Waals surface area contributed by atoms with E-state index < -0.39 is 8.07 Å². The second-order valence-corrected chi connectivity index (χ2v) is 19.5. The molecule has 3 aromatic heterocycles. The van der Waals surface area contributed by atoms with Crippen LogP contribution in [-0.4, -0.2) is 32.7 Å². The standard InChI is InChI=1S/C42H40N4OSi/c1-42(2,3)31-24-29(23-30(25-31)36-26-35(28-15-9-7-10-16-28)38(27-44-36)48(4,5)6)33-21-22-43-41-39(33)45-40(34-19-13-14-20-37(34)47)46(41)32-17-11-8-12-18-32/h7-27,47H,1-6H3. The molecular formula is C42H40N4OSi. The van der Waals surface area contributed by atoms with Crippen molar-refractivity contribution in [3.8, 4) is 56.3 Å². The molecule has 4 aromatic carbocycles. The zero-order chi connectivity index (χ0) is 33.6. The van der Waals surface area contributed by atoms with Gasteiger partial charge in [-0.3, -0.25) is 9.55 Å². The first-order valence-electron chi connectivity index (χ1n) is 16.4. The summed E-state index contributed by atoms with van der Waals surface area (Å²) in [7, 11) is -1.68. The van der Waals surface area contributed by atoms with Crippen LogP contribution in [0.15, 0.2) is 128 Å². The maximum atomic E-state index is 10.9. The van der Waals surface area contributed by atoms with Crippen molar-refractivity contribution in [3.63, 3.8) is 0 Å². The fourth-order valence-corrected chi connectivity index (χ4v) is 7.78. The SMILES string of the molecule is CC(C)(C)c1cc(-c2cc(-c3ccccc3)c([Si](C)(C)C)cn2)cc(-c2ccnc3c2nc(-c2ccccc2O)n3-c2ccccc2)c1. The Labute approximate surface area is 283 Å². The second kappa shape index (κ2) is 12.0. The zero-order valence-corrected chi connectivity index (χ0v) is 29.4. The normalized spacial score (nSPS) is 12.0. The molecule has 3 heterocycles. The van der Waals surface area contributed by atoms with Crippen molar-refractivity contribution in [1.29, 1.82) is 0 Å². The van der Waals surface area contributed by atoms with Crippen LogP contribution in [0.4, 0.5) is 0 Å². The van der Waals surface area contributed by atoms with E-state index >= 15 is 0 Å². The van der Waals surface area contributed by atoms with Gasteiger partial charge in [0.1, 0.15) is 11.3 Å². The van der Waals surface area contributed by atoms with Gasteiger partial charge in [0.2, 0.25) is 0 Å². The number of phenols is 1. The highest BCUT2D eigenvalue weighted by Crippen LogP contribution is 2.39. The largest absolute Gasteiger partial charge is 0.507 e. The molecule has 0 unspecified atom stereocenters. The van der Waals surface area contributed by atoms with Gasteiger partial charge >= 0.3 is 0 Å². The summed E-state index contributed by atoms with van der Waals surface area (Å²) >= 11 is 0. The number of hydrogen-bond donors (Lipinski definition) is 1. The average Bonchev–Trinajstić information content (AvgIpc) is 3.47. The highest BCUT2D eigenvalue weighted by atomic mass is 28.3. The lowest BCUT2D eigenvalue weighted by atomic mass is 9.83. The molecule has 0 spiro atoms. The van der Waals surface area contributed by atoms with Gasteiger partial charge in [-0.15, -0.1) is 0 Å². The minimum absolute atomic E-state index is 0.109. The summed E-state index contributed by atoms with van der Waals surface area (Å²) in [4.78, 5) is 15.2. The molecular weight excluding hydrogens is 605 g/mol. The third kappa shape index (κ3) is 5.84. The highest BCUT2D eigenvalue weighted by molar-refractivity contribution is 6.89. The summed E-state index contributed by atoms with van der Waals surface area (Å²) in [5.74, 6) is 0.808. The summed E-state index contributed by atoms with van der Waals surface area (Å²) in [6, 6.07) is 39.2. The third-order valence-corrected chi connectivity index (χ3v) is 10.9. The van der Waals surface area contributed by atoms with E-state index in [-0.39, 0.29) is 11.2 Å². The lowest BCUT2D eigenvalue weighted by Crippen LogP contribution is -2.39. The number of nitrogens with zero attached hydrogens (tertiary/aromatic N) is 4. The van der Waals surface area contributed by atoms with E-state index in [0.29, 0.717) is 11.4 Å². The Morgan fingerprint density at radius 1 is 0.646 bits per heavy atom. The molecule has 0 saturated heterocycles. The van der Waals surface area contributed by atoms with Crippen LogP contribution in [0.1, 0.15) is 26.3 Å². The van der Waals surface area contributed by atoms with Crippen LogP contribution >= 0.6 is 0 Å². The van der Waals surface area contributed by atoms with Crippen LogP contribution in [0.5, 0.6) is 5.75 Å². The number of aromatic nitrogens is 4. The minimum atomic E-state index is -1.68. The molecule has 238 valence electrons. The van der Waals surface area contributed by atoms with Gasteiger partial charge in [0.15, 0.2) is 11.5 Å². The number of para-hydroxylation sites is 2. The monoisotopic (exact) mass is 644 g/mol. The number of benzene rings is 4. The molecule has 7 rings (SSSR count). The topological polar surface area (TPSA) is 63.8 Å². The van der Waals surface area contributed by atoms with Gasteiger partial charge in [-0.2, -0.15) is 0 Å². The van der Waals surface area contributed by atoms with Gasteiger partial charge in [-0.05, 0) is 81.4 Å². The van der Waals surface area contributed by atoms with Crippen LogP contribution in [0.2, 0.25) is 19.6 Å². The van der Waals surface area contributed by atoms with Crippen LogP contribution in [0, 0.1) is 0 Å². The van der Waals surface area contributed by atoms with Crippen molar-refractivity contribution in [2.24, 2.45) is 0 Å². The summed E-state index contributed by atoms with van der Waals surface area (Å²) in [6.45, 7) is 13.9. The molecule has 7 aromatic rings. The van der Waals surface area contributed by atoms with E-state index in [1.807, 2.05) is 65.4 Å². The molecule has 0 bridgehead atoms. The Morgan fingerprint density at radius 2 is 1.31 bits per heavy atom. The van der Waals surface area contributed by atoms with Crippen LogP contribution in [0.3, 0.4) is 0 Å². The number of rotatable bonds is 6. The number of hydrogen-bond acceptors (Lipinski definition) is 4. The molecule has 48 heavy (non-hydrogen) atoms. The molecule has 1 N–H and O–H groups in total. The first-order valence-corrected chi connectivity index (χ1v) is 19.9. The van der Waals surface area contributed by atoms with Crippen LogP contribution < -0.4 is 5.19 Å². The molecule has 0 aliphatic rings. The summed E-state index contributed by atoms with van der Waals surface area (Å²) in [5, 5.41) is 12.3. The molecule has 0 amide bonds. The fourth-order valence-electron chi connectivity index (χ4n) is 6.30. The Kier molecular flexibility index (Phi) is 7.84. The van der Waals surface area contributed by atoms with Gasteiger partial charge in [0.05, 0.1) is 19.3 Å². The number of pyridine rings is 2. The van der Waals surface area contributed by atoms with E-state index in [9.17, 15) is 5.11 Å². The van der Waals surface area contributed by atoms with Crippen molar-refractivity contribution in [3.05, 3.63) is 133 Å². The minimum Gasteiger partial charge on any atom is -0.507 e. The van der Waals surface area contributed by atoms with Gasteiger partial charge in [-0.1, -0.05) is 107 Å². The fraction of sp³-hybridized carbons (Fsp3) is 0.167. The highest BCUT2D eigenvalue weighted by Gasteiger charge is 2.25. The van der Waals surface area contributed by atoms with Crippen molar-refractivity contribution < 1.29 is 5.11 Å². The Balaban J connectivity index is 1.48. The molecule has 0 aliphatic heterocycles. The van der Waals surface area contributed by atoms with E-state index in [1.165, 1.54) is 21.9 Å². The first kappa shape index (κ1) is 31.3. The molecule has 0 radical (unpaired) electrons. The lowest BCUT2D eigenvalue weighted by molar-refractivity contribution is 0.477. The Bertz CT molecular complexity index is 2260. The maximum Gasteiger partial charge on any atom is 0.165 e. The zero-order valence-electron chi connectivity index (χ0n) is 28.4. The average molecular weight is 645 g/mol. The first-order chi connectivity index (χ1) is 23.0. The van der Waals surface area contributed by atoms with Gasteiger partial charge in [-0.25, -0.2) is 9.97 Å². The molecule has 0 fully saturated rings. The van der Waals surface area contributed by atoms with Crippen molar-refractivity contribution in [2.75, 3.05) is 0 Å². The van der Waals surface area contributed by atoms with E-state index in [1.54, 1.807) is 6.07 Å². The molecule has 5 nitrogen and oxygen atoms in total. The molecule has 6 heteroatoms. The number of imidazole rings is 1. The van der Waals surface area contributed by atoms with Gasteiger partial charge in [0, 0.05) is 29.2 Å². The maximum absolute atomic E-state index is 10.9. The van der Waals surface area contributed by atoms with Crippen molar-refractivity contribution in [1.82, 2.24) is 19.5 Å². The summed E-state index contributed by atoms with van der Waals surface area (Å²) in [6.07, 6.45) is 3.96. The van der Waals surface area contributed by atoms with E-state index in [0.717, 1.165) is 39.2 Å². The van der Waals surface area contributed by atoms with Gasteiger partial charge in [0.25, 0.3) is 0 Å². The molecule has 0 saturated carbocycles. The lowest BCUT2D eigenvalue weighted by Gasteiger charge is -2.23. The van der Waals surface area contributed by atoms with E-state index in [2.05, 4.69) is 101 Å². The summed E-state index contributed by atoms with van der Waals surface area (Å²) < 4.78 is 2.03. The van der Waals surface area contributed by atoms with E-state index in [4.69, 9.17) is 15.0 Å². The Morgan fingerprint density at radius 3 is 2.00 bits per heavy atom. The summed E-state index contributed by atoms with van der Waals surface area (Å²) in [5.41, 5.74) is 10.6.